The molecule has 0 amide bonds. The number of hydrogen-bond donors (Lipinski definition) is 1. The van der Waals surface area contributed by atoms with E-state index in [9.17, 15) is 0 Å². The van der Waals surface area contributed by atoms with E-state index in [4.69, 9.17) is 15.0 Å². The van der Waals surface area contributed by atoms with Gasteiger partial charge < -0.3 is 15.0 Å². The minimum atomic E-state index is 0.656. The Balaban J connectivity index is 1.88. The lowest BCUT2D eigenvalue weighted by atomic mass is 10.1. The number of unbranched alkanes of at least 4 members (excludes halogenated alkanes) is 2. The Bertz CT molecular complexity index is 525. The van der Waals surface area contributed by atoms with Crippen molar-refractivity contribution in [2.45, 2.75) is 32.1 Å². The molecule has 0 atom stereocenters. The highest BCUT2D eigenvalue weighted by atomic mass is 16.5. The molecule has 1 aromatic carbocycles. The third kappa shape index (κ3) is 4.35. The van der Waals surface area contributed by atoms with Gasteiger partial charge in [-0.05, 0) is 37.1 Å². The summed E-state index contributed by atoms with van der Waals surface area (Å²) in [5, 5.41) is 4.01. The fourth-order valence-corrected chi connectivity index (χ4v) is 2.03. The van der Waals surface area contributed by atoms with Crippen LogP contribution in [0, 0.1) is 0 Å². The van der Waals surface area contributed by atoms with Crippen molar-refractivity contribution in [3.8, 4) is 5.75 Å². The summed E-state index contributed by atoms with van der Waals surface area (Å²) in [6, 6.07) is 7.89. The van der Waals surface area contributed by atoms with Gasteiger partial charge in [-0.2, -0.15) is 4.98 Å². The molecule has 0 radical (unpaired) electrons. The molecule has 0 saturated heterocycles. The maximum atomic E-state index is 5.46. The van der Waals surface area contributed by atoms with Crippen LogP contribution in [0.5, 0.6) is 5.75 Å². The maximum absolute atomic E-state index is 5.46. The third-order valence-electron chi connectivity index (χ3n) is 3.10. The average molecular weight is 275 g/mol. The van der Waals surface area contributed by atoms with Crippen molar-refractivity contribution in [2.75, 3.05) is 13.7 Å². The van der Waals surface area contributed by atoms with Gasteiger partial charge in [-0.1, -0.05) is 23.7 Å². The molecule has 1 aromatic heterocycles. The molecule has 0 bridgehead atoms. The van der Waals surface area contributed by atoms with E-state index < -0.39 is 0 Å². The molecule has 0 saturated carbocycles. The Morgan fingerprint density at radius 3 is 2.95 bits per heavy atom. The van der Waals surface area contributed by atoms with Gasteiger partial charge in [0.2, 0.25) is 5.89 Å². The maximum Gasteiger partial charge on any atom is 0.226 e. The largest absolute Gasteiger partial charge is 0.497 e. The molecule has 0 aliphatic heterocycles. The van der Waals surface area contributed by atoms with Crippen LogP contribution in [0.3, 0.4) is 0 Å². The van der Waals surface area contributed by atoms with Gasteiger partial charge in [-0.25, -0.2) is 0 Å². The third-order valence-corrected chi connectivity index (χ3v) is 3.10. The lowest BCUT2D eigenvalue weighted by molar-refractivity contribution is 0.369. The first-order chi connectivity index (χ1) is 9.81. The van der Waals surface area contributed by atoms with Gasteiger partial charge in [0, 0.05) is 12.8 Å². The molecule has 2 rings (SSSR count). The second-order valence-electron chi connectivity index (χ2n) is 4.73. The van der Waals surface area contributed by atoms with Crippen molar-refractivity contribution in [3.63, 3.8) is 0 Å². The highest BCUT2D eigenvalue weighted by molar-refractivity contribution is 5.29. The zero-order chi connectivity index (χ0) is 14.2. The van der Waals surface area contributed by atoms with E-state index in [1.807, 2.05) is 24.3 Å². The number of aromatic nitrogens is 2. The second kappa shape index (κ2) is 7.65. The smallest absolute Gasteiger partial charge is 0.226 e. The molecule has 5 heteroatoms. The molecule has 108 valence electrons. The van der Waals surface area contributed by atoms with Crippen LogP contribution < -0.4 is 10.5 Å². The molecule has 0 fully saturated rings. The van der Waals surface area contributed by atoms with Gasteiger partial charge in [0.15, 0.2) is 5.82 Å². The standard InChI is InChI=1S/C15H21N3O2/c1-19-13-7-5-6-12(10-13)11-14-17-15(20-18-14)8-3-2-4-9-16/h5-7,10H,2-4,8-9,11,16H2,1H3. The predicted molar refractivity (Wildman–Crippen MR) is 76.7 cm³/mol. The van der Waals surface area contributed by atoms with Crippen LogP contribution in [0.2, 0.25) is 0 Å². The van der Waals surface area contributed by atoms with Gasteiger partial charge in [0.05, 0.1) is 7.11 Å². The second-order valence-corrected chi connectivity index (χ2v) is 4.73. The highest BCUT2D eigenvalue weighted by Gasteiger charge is 2.07. The van der Waals surface area contributed by atoms with Crippen LogP contribution in [-0.4, -0.2) is 23.8 Å². The fourth-order valence-electron chi connectivity index (χ4n) is 2.03. The SMILES string of the molecule is COc1cccc(Cc2noc(CCCCCN)n2)c1. The Hall–Kier alpha value is -1.88. The van der Waals surface area contributed by atoms with E-state index in [0.717, 1.165) is 43.5 Å². The summed E-state index contributed by atoms with van der Waals surface area (Å²) in [4.78, 5) is 4.41. The van der Waals surface area contributed by atoms with Crippen molar-refractivity contribution in [2.24, 2.45) is 5.73 Å². The van der Waals surface area contributed by atoms with Crippen molar-refractivity contribution >= 4 is 0 Å². The van der Waals surface area contributed by atoms with E-state index in [1.165, 1.54) is 0 Å². The molecular weight excluding hydrogens is 254 g/mol. The summed E-state index contributed by atoms with van der Waals surface area (Å²) in [5.74, 6) is 2.26. The lowest BCUT2D eigenvalue weighted by Crippen LogP contribution is -1.98. The first kappa shape index (κ1) is 14.5. The summed E-state index contributed by atoms with van der Waals surface area (Å²) < 4.78 is 10.4. The number of rotatable bonds is 8. The van der Waals surface area contributed by atoms with Crippen LogP contribution in [0.15, 0.2) is 28.8 Å². The number of methoxy groups -OCH3 is 1. The number of nitrogens with zero attached hydrogens (tertiary/aromatic N) is 2. The quantitative estimate of drug-likeness (QED) is 0.748. The van der Waals surface area contributed by atoms with Crippen LogP contribution in [0.25, 0.3) is 0 Å². The fraction of sp³-hybridized carbons (Fsp3) is 0.467. The van der Waals surface area contributed by atoms with E-state index in [0.29, 0.717) is 18.1 Å². The van der Waals surface area contributed by atoms with Gasteiger partial charge in [0.1, 0.15) is 5.75 Å². The zero-order valence-electron chi connectivity index (χ0n) is 11.8. The van der Waals surface area contributed by atoms with Crippen LogP contribution >= 0.6 is 0 Å². The molecule has 0 unspecified atom stereocenters. The predicted octanol–water partition coefficient (Wildman–Crippen LogP) is 2.34. The van der Waals surface area contributed by atoms with E-state index >= 15 is 0 Å². The molecule has 1 heterocycles. The molecule has 2 N–H and O–H groups in total. The molecule has 2 aromatic rings. The Morgan fingerprint density at radius 2 is 2.15 bits per heavy atom. The number of benzene rings is 1. The topological polar surface area (TPSA) is 74.2 Å². The summed E-state index contributed by atoms with van der Waals surface area (Å²) in [6.45, 7) is 0.741. The average Bonchev–Trinajstić information content (AvgIpc) is 2.91. The molecule has 20 heavy (non-hydrogen) atoms. The molecule has 0 aliphatic rings. The first-order valence-electron chi connectivity index (χ1n) is 6.96. The number of hydrogen-bond acceptors (Lipinski definition) is 5. The minimum Gasteiger partial charge on any atom is -0.497 e. The van der Waals surface area contributed by atoms with E-state index in [-0.39, 0.29) is 0 Å². The molecular formula is C15H21N3O2. The van der Waals surface area contributed by atoms with E-state index in [2.05, 4.69) is 10.1 Å². The Labute approximate surface area is 119 Å². The molecule has 5 nitrogen and oxygen atoms in total. The number of nitrogens with two attached hydrogens (primary N) is 1. The molecule has 0 aliphatic carbocycles. The Morgan fingerprint density at radius 1 is 1.25 bits per heavy atom. The van der Waals surface area contributed by atoms with Gasteiger partial charge in [0.25, 0.3) is 0 Å². The summed E-state index contributed by atoms with van der Waals surface area (Å²) in [5.41, 5.74) is 6.57. The highest BCUT2D eigenvalue weighted by Crippen LogP contribution is 2.15. The van der Waals surface area contributed by atoms with Gasteiger partial charge in [-0.15, -0.1) is 0 Å². The van der Waals surface area contributed by atoms with Crippen molar-refractivity contribution < 1.29 is 9.26 Å². The monoisotopic (exact) mass is 275 g/mol. The summed E-state index contributed by atoms with van der Waals surface area (Å²) in [7, 11) is 1.66. The van der Waals surface area contributed by atoms with Crippen molar-refractivity contribution in [1.82, 2.24) is 10.1 Å². The van der Waals surface area contributed by atoms with E-state index in [1.54, 1.807) is 7.11 Å². The Kier molecular flexibility index (Phi) is 5.55. The molecule has 0 spiro atoms. The van der Waals surface area contributed by atoms with Crippen LogP contribution in [0.1, 0.15) is 36.5 Å². The summed E-state index contributed by atoms with van der Waals surface area (Å²) >= 11 is 0. The minimum absolute atomic E-state index is 0.656. The number of ether oxygens (including phenoxy) is 1. The summed E-state index contributed by atoms with van der Waals surface area (Å²) in [6.07, 6.45) is 4.67. The van der Waals surface area contributed by atoms with Crippen molar-refractivity contribution in [1.29, 1.82) is 0 Å². The van der Waals surface area contributed by atoms with Crippen LogP contribution in [0.4, 0.5) is 0 Å². The van der Waals surface area contributed by atoms with Crippen molar-refractivity contribution in [3.05, 3.63) is 41.5 Å². The lowest BCUT2D eigenvalue weighted by Gasteiger charge is -2.01. The van der Waals surface area contributed by atoms with Crippen LogP contribution in [-0.2, 0) is 12.8 Å². The zero-order valence-corrected chi connectivity index (χ0v) is 11.8. The van der Waals surface area contributed by atoms with Gasteiger partial charge >= 0.3 is 0 Å². The normalized spacial score (nSPS) is 10.7. The first-order valence-corrected chi connectivity index (χ1v) is 6.96. The number of aryl methyl sites for hydroxylation is 1. The van der Waals surface area contributed by atoms with Gasteiger partial charge in [-0.3, -0.25) is 0 Å².